The van der Waals surface area contributed by atoms with E-state index in [4.69, 9.17) is 0 Å². The van der Waals surface area contributed by atoms with Gasteiger partial charge in [0.25, 0.3) is 10.0 Å². The molecule has 1 aromatic carbocycles. The van der Waals surface area contributed by atoms with Crippen LogP contribution in [0.1, 0.15) is 45.4 Å². The van der Waals surface area contributed by atoms with E-state index >= 15 is 0 Å². The van der Waals surface area contributed by atoms with Crippen LogP contribution in [0.15, 0.2) is 34.7 Å². The zero-order valence-electron chi connectivity index (χ0n) is 15.2. The summed E-state index contributed by atoms with van der Waals surface area (Å²) in [6.07, 6.45) is 6.74. The molecule has 146 valence electrons. The summed E-state index contributed by atoms with van der Waals surface area (Å²) in [4.78, 5) is 12.4. The largest absolute Gasteiger partial charge is 0.326 e. The van der Waals surface area contributed by atoms with Gasteiger partial charge in [-0.2, -0.15) is 0 Å². The third kappa shape index (κ3) is 5.49. The van der Waals surface area contributed by atoms with E-state index in [-0.39, 0.29) is 15.9 Å². The predicted octanol–water partition coefficient (Wildman–Crippen LogP) is 3.88. The summed E-state index contributed by atoms with van der Waals surface area (Å²) in [6, 6.07) is 6.11. The molecule has 0 radical (unpaired) electrons. The molecule has 1 heterocycles. The van der Waals surface area contributed by atoms with E-state index in [1.807, 2.05) is 0 Å². The third-order valence-corrected chi connectivity index (χ3v) is 7.08. The maximum Gasteiger partial charge on any atom is 0.263 e. The lowest BCUT2D eigenvalue weighted by Crippen LogP contribution is -2.22. The number of aromatic nitrogens is 2. The second-order valence-corrected chi connectivity index (χ2v) is 9.52. The lowest BCUT2D eigenvalue weighted by atomic mass is 9.79. The molecule has 3 rings (SSSR count). The molecule has 1 aromatic heterocycles. The van der Waals surface area contributed by atoms with Crippen LogP contribution < -0.4 is 10.0 Å². The lowest BCUT2D eigenvalue weighted by Gasteiger charge is -2.27. The minimum atomic E-state index is -3.72. The van der Waals surface area contributed by atoms with Gasteiger partial charge in [0, 0.05) is 12.1 Å². The van der Waals surface area contributed by atoms with E-state index in [2.05, 4.69) is 27.2 Å². The molecule has 0 aliphatic heterocycles. The molecule has 1 fully saturated rings. The minimum Gasteiger partial charge on any atom is -0.326 e. The van der Waals surface area contributed by atoms with Crippen LogP contribution in [0.4, 0.5) is 10.8 Å². The fourth-order valence-corrected chi connectivity index (χ4v) is 5.18. The highest BCUT2D eigenvalue weighted by atomic mass is 32.2. The number of sulfonamides is 1. The smallest absolute Gasteiger partial charge is 0.263 e. The summed E-state index contributed by atoms with van der Waals surface area (Å²) in [5.41, 5.74) is 2.04. The summed E-state index contributed by atoms with van der Waals surface area (Å²) in [6.45, 7) is 2.14. The van der Waals surface area contributed by atoms with Crippen molar-refractivity contribution in [3.8, 4) is 0 Å². The van der Waals surface area contributed by atoms with Crippen LogP contribution in [0.3, 0.4) is 0 Å². The van der Waals surface area contributed by atoms with Crippen molar-refractivity contribution in [3.05, 3.63) is 29.8 Å². The molecule has 0 saturated heterocycles. The molecular formula is C18H24N4O3S2. The number of anilines is 2. The van der Waals surface area contributed by atoms with E-state index in [0.717, 1.165) is 11.3 Å². The normalized spacial score (nSPS) is 16.6. The van der Waals surface area contributed by atoms with Crippen molar-refractivity contribution in [2.24, 2.45) is 11.8 Å². The minimum absolute atomic E-state index is 0.0318. The third-order valence-electron chi connectivity index (χ3n) is 4.99. The van der Waals surface area contributed by atoms with Gasteiger partial charge < -0.3 is 5.32 Å². The van der Waals surface area contributed by atoms with Gasteiger partial charge in [0.2, 0.25) is 11.0 Å². The van der Waals surface area contributed by atoms with Gasteiger partial charge in [0.1, 0.15) is 5.51 Å². The molecule has 1 atom stereocenters. The van der Waals surface area contributed by atoms with Crippen LogP contribution >= 0.6 is 11.3 Å². The van der Waals surface area contributed by atoms with Crippen molar-refractivity contribution in [2.45, 2.75) is 50.3 Å². The number of rotatable bonds is 7. The summed E-state index contributed by atoms with van der Waals surface area (Å²) in [7, 11) is -3.72. The molecule has 2 aromatic rings. The molecule has 1 amide bonds. The average molecular weight is 409 g/mol. The summed E-state index contributed by atoms with van der Waals surface area (Å²) in [5.74, 6) is 0.958. The van der Waals surface area contributed by atoms with E-state index in [1.165, 1.54) is 49.7 Å². The van der Waals surface area contributed by atoms with Crippen molar-refractivity contribution in [1.29, 1.82) is 0 Å². The first-order chi connectivity index (χ1) is 12.9. The Hall–Kier alpha value is -2.00. The maximum absolute atomic E-state index is 12.3. The Labute approximate surface area is 163 Å². The van der Waals surface area contributed by atoms with Gasteiger partial charge in [0.05, 0.1) is 4.90 Å². The first kappa shape index (κ1) is 19.8. The molecule has 0 unspecified atom stereocenters. The number of nitrogens with one attached hydrogen (secondary N) is 2. The Bertz CT molecular complexity index is 845. The van der Waals surface area contributed by atoms with Crippen LogP contribution in [-0.2, 0) is 14.8 Å². The van der Waals surface area contributed by atoms with Gasteiger partial charge in [-0.1, -0.05) is 50.4 Å². The zero-order valence-corrected chi connectivity index (χ0v) is 16.9. The first-order valence-corrected chi connectivity index (χ1v) is 11.5. The SMILES string of the molecule is C[C@@H](CC(=O)Nc1ccc(S(=O)(=O)Nc2nncs2)cc1)C1CCCCC1. The van der Waals surface area contributed by atoms with Crippen LogP contribution in [0.25, 0.3) is 0 Å². The topological polar surface area (TPSA) is 101 Å². The molecule has 9 heteroatoms. The van der Waals surface area contributed by atoms with Crippen LogP contribution in [0.5, 0.6) is 0 Å². The highest BCUT2D eigenvalue weighted by Gasteiger charge is 2.22. The van der Waals surface area contributed by atoms with Gasteiger partial charge in [-0.3, -0.25) is 9.52 Å². The fraction of sp³-hybridized carbons (Fsp3) is 0.500. The van der Waals surface area contributed by atoms with Gasteiger partial charge >= 0.3 is 0 Å². The molecule has 2 N–H and O–H groups in total. The van der Waals surface area contributed by atoms with Gasteiger partial charge in [-0.15, -0.1) is 10.2 Å². The van der Waals surface area contributed by atoms with Crippen LogP contribution in [0.2, 0.25) is 0 Å². The van der Waals surface area contributed by atoms with E-state index in [9.17, 15) is 13.2 Å². The predicted molar refractivity (Wildman–Crippen MR) is 106 cm³/mol. The Morgan fingerprint density at radius 3 is 2.56 bits per heavy atom. The summed E-state index contributed by atoms with van der Waals surface area (Å²) < 4.78 is 27.0. The summed E-state index contributed by atoms with van der Waals surface area (Å²) in [5, 5.41) is 10.3. The number of benzene rings is 1. The lowest BCUT2D eigenvalue weighted by molar-refractivity contribution is -0.117. The Morgan fingerprint density at radius 2 is 1.93 bits per heavy atom. The monoisotopic (exact) mass is 408 g/mol. The molecule has 1 saturated carbocycles. The molecule has 1 aliphatic rings. The number of amides is 1. The standard InChI is InChI=1S/C18H24N4O3S2/c1-13(14-5-3-2-4-6-14)11-17(23)20-15-7-9-16(10-8-15)27(24,25)22-18-21-19-12-26-18/h7-10,12-14H,2-6,11H2,1H3,(H,20,23)(H,21,22)/t13-/m0/s1. The van der Waals surface area contributed by atoms with Gasteiger partial charge in [-0.25, -0.2) is 8.42 Å². The van der Waals surface area contributed by atoms with Crippen molar-refractivity contribution in [3.63, 3.8) is 0 Å². The number of carbonyl (C=O) groups excluding carboxylic acids is 1. The molecule has 1 aliphatic carbocycles. The average Bonchev–Trinajstić information content (AvgIpc) is 3.15. The van der Waals surface area contributed by atoms with Crippen molar-refractivity contribution in [2.75, 3.05) is 10.0 Å². The van der Waals surface area contributed by atoms with Gasteiger partial charge in [-0.05, 0) is 36.1 Å². The van der Waals surface area contributed by atoms with E-state index < -0.39 is 10.0 Å². The maximum atomic E-state index is 12.3. The van der Waals surface area contributed by atoms with Gasteiger partial charge in [0.15, 0.2) is 0 Å². The highest BCUT2D eigenvalue weighted by molar-refractivity contribution is 7.93. The Balaban J connectivity index is 1.56. The van der Waals surface area contributed by atoms with Crippen LogP contribution in [-0.4, -0.2) is 24.5 Å². The number of nitrogens with zero attached hydrogens (tertiary/aromatic N) is 2. The highest BCUT2D eigenvalue weighted by Crippen LogP contribution is 2.31. The van der Waals surface area contributed by atoms with Crippen molar-refractivity contribution < 1.29 is 13.2 Å². The first-order valence-electron chi connectivity index (χ1n) is 9.13. The molecular weight excluding hydrogens is 384 g/mol. The fourth-order valence-electron chi connectivity index (χ4n) is 3.48. The van der Waals surface area contributed by atoms with Crippen LogP contribution in [0, 0.1) is 11.8 Å². The summed E-state index contributed by atoms with van der Waals surface area (Å²) >= 11 is 1.10. The van der Waals surface area contributed by atoms with E-state index in [1.54, 1.807) is 12.1 Å². The molecule has 0 bridgehead atoms. The number of carbonyl (C=O) groups is 1. The Kier molecular flexibility index (Phi) is 6.43. The number of hydrogen-bond acceptors (Lipinski definition) is 6. The second kappa shape index (κ2) is 8.79. The van der Waals surface area contributed by atoms with Crippen molar-refractivity contribution >= 4 is 38.1 Å². The molecule has 7 nitrogen and oxygen atoms in total. The molecule has 27 heavy (non-hydrogen) atoms. The quantitative estimate of drug-likeness (QED) is 0.724. The van der Waals surface area contributed by atoms with E-state index in [0.29, 0.717) is 23.9 Å². The second-order valence-electron chi connectivity index (χ2n) is 7.00. The molecule has 0 spiro atoms. The van der Waals surface area contributed by atoms with Crippen molar-refractivity contribution in [1.82, 2.24) is 10.2 Å². The zero-order chi connectivity index (χ0) is 19.3. The number of hydrogen-bond donors (Lipinski definition) is 2. The Morgan fingerprint density at radius 1 is 1.22 bits per heavy atom.